The lowest BCUT2D eigenvalue weighted by molar-refractivity contribution is -0.138. The van der Waals surface area contributed by atoms with Crippen molar-refractivity contribution >= 4 is 28.6 Å². The normalized spacial score (nSPS) is 12.7. The van der Waals surface area contributed by atoms with Gasteiger partial charge in [0.05, 0.1) is 17.0 Å². The molecule has 0 bridgehead atoms. The number of anilines is 1. The highest BCUT2D eigenvalue weighted by Gasteiger charge is 2.33. The van der Waals surface area contributed by atoms with E-state index in [0.29, 0.717) is 22.9 Å². The van der Waals surface area contributed by atoms with Crippen molar-refractivity contribution in [3.63, 3.8) is 0 Å². The average Bonchev–Trinajstić information content (AvgIpc) is 2.77. The van der Waals surface area contributed by atoms with E-state index in [9.17, 15) is 13.2 Å². The van der Waals surface area contributed by atoms with Crippen molar-refractivity contribution in [2.24, 2.45) is 0 Å². The maximum Gasteiger partial charge on any atom is 0.416 e. The molecule has 0 saturated heterocycles. The molecule has 0 aliphatic heterocycles. The number of aromatic nitrogens is 3. The summed E-state index contributed by atoms with van der Waals surface area (Å²) in [4.78, 5) is 14.4. The zero-order valence-electron chi connectivity index (χ0n) is 18.4. The van der Waals surface area contributed by atoms with Crippen molar-refractivity contribution in [3.8, 4) is 0 Å². The van der Waals surface area contributed by atoms with E-state index in [1.807, 2.05) is 31.2 Å². The summed E-state index contributed by atoms with van der Waals surface area (Å²) < 4.78 is 40.1. The van der Waals surface area contributed by atoms with Gasteiger partial charge in [-0.1, -0.05) is 42.5 Å². The molecule has 2 heterocycles. The maximum atomic E-state index is 13.4. The number of aryl methyl sites for hydroxylation is 1. The Morgan fingerprint density at radius 3 is 2.48 bits per heavy atom. The molecule has 0 fully saturated rings. The lowest BCUT2D eigenvalue weighted by Gasteiger charge is -2.21. The summed E-state index contributed by atoms with van der Waals surface area (Å²) in [6.07, 6.45) is -2.61. The van der Waals surface area contributed by atoms with Gasteiger partial charge >= 0.3 is 6.18 Å². The van der Waals surface area contributed by atoms with Crippen molar-refractivity contribution in [2.75, 3.05) is 5.32 Å². The number of nitrogens with zero attached hydrogens (tertiary/aromatic N) is 3. The van der Waals surface area contributed by atoms with Gasteiger partial charge in [-0.25, -0.2) is 15.0 Å². The fourth-order valence-corrected chi connectivity index (χ4v) is 4.60. The predicted octanol–water partition coefficient (Wildman–Crippen LogP) is 7.13. The summed E-state index contributed by atoms with van der Waals surface area (Å²) >= 11 is 1.65. The number of rotatable bonds is 6. The van der Waals surface area contributed by atoms with E-state index >= 15 is 0 Å². The van der Waals surface area contributed by atoms with Crippen LogP contribution in [0.4, 0.5) is 19.0 Å². The lowest BCUT2D eigenvalue weighted by atomic mass is 9.97. The van der Waals surface area contributed by atoms with Crippen LogP contribution in [0.3, 0.4) is 0 Å². The molecule has 4 aromatic rings. The first kappa shape index (κ1) is 23.0. The van der Waals surface area contributed by atoms with Crippen LogP contribution in [0, 0.1) is 13.8 Å². The number of nitrogens with one attached hydrogen (secondary N) is 1. The van der Waals surface area contributed by atoms with Gasteiger partial charge in [0, 0.05) is 16.8 Å². The molecule has 0 spiro atoms. The molecule has 0 radical (unpaired) electrons. The van der Waals surface area contributed by atoms with Gasteiger partial charge in [-0.2, -0.15) is 13.2 Å². The highest BCUT2D eigenvalue weighted by atomic mass is 32.2. The minimum absolute atomic E-state index is 0.206. The lowest BCUT2D eigenvalue weighted by Crippen LogP contribution is -2.14. The van der Waals surface area contributed by atoms with Gasteiger partial charge in [-0.15, -0.1) is 11.8 Å². The van der Waals surface area contributed by atoms with Crippen LogP contribution >= 0.6 is 11.8 Å². The topological polar surface area (TPSA) is 50.7 Å². The first-order valence-corrected chi connectivity index (χ1v) is 11.5. The summed E-state index contributed by atoms with van der Waals surface area (Å²) in [6, 6.07) is 16.0. The molecule has 4 nitrogen and oxygen atoms in total. The van der Waals surface area contributed by atoms with Gasteiger partial charge in [-0.05, 0) is 49.6 Å². The Morgan fingerprint density at radius 2 is 1.76 bits per heavy atom. The minimum atomic E-state index is -4.40. The van der Waals surface area contributed by atoms with Crippen LogP contribution in [0.25, 0.3) is 11.0 Å². The SMILES string of the molecule is Cc1nc(N[C@H](C)c2cccc(C(F)(F)F)c2C)c2cc(SCc3ccccc3)cnc2n1. The second kappa shape index (κ2) is 9.39. The van der Waals surface area contributed by atoms with Gasteiger partial charge in [0.15, 0.2) is 5.65 Å². The molecule has 0 aliphatic rings. The van der Waals surface area contributed by atoms with Crippen LogP contribution in [0.2, 0.25) is 0 Å². The molecule has 0 amide bonds. The van der Waals surface area contributed by atoms with E-state index in [1.54, 1.807) is 30.9 Å². The Morgan fingerprint density at radius 1 is 1.00 bits per heavy atom. The number of pyridine rings is 1. The van der Waals surface area contributed by atoms with E-state index < -0.39 is 17.8 Å². The van der Waals surface area contributed by atoms with Gasteiger partial charge in [0.2, 0.25) is 0 Å². The molecule has 1 atom stereocenters. The average molecular weight is 469 g/mol. The smallest absolute Gasteiger partial charge is 0.363 e. The molecule has 33 heavy (non-hydrogen) atoms. The zero-order valence-corrected chi connectivity index (χ0v) is 19.3. The van der Waals surface area contributed by atoms with Crippen LogP contribution in [-0.2, 0) is 11.9 Å². The molecule has 8 heteroatoms. The molecule has 0 aliphatic carbocycles. The Labute approximate surface area is 194 Å². The van der Waals surface area contributed by atoms with Crippen molar-refractivity contribution in [1.82, 2.24) is 15.0 Å². The van der Waals surface area contributed by atoms with Crippen LogP contribution in [0.15, 0.2) is 65.7 Å². The number of hydrogen-bond donors (Lipinski definition) is 1. The van der Waals surface area contributed by atoms with Gasteiger partial charge in [-0.3, -0.25) is 0 Å². The molecule has 4 rings (SSSR count). The zero-order chi connectivity index (χ0) is 23.6. The standard InChI is InChI=1S/C25H23F3N4S/c1-15-20(10-7-11-22(15)25(26,27)28)16(2)30-24-21-12-19(13-29-23(21)31-17(3)32-24)33-14-18-8-5-4-6-9-18/h4-13,16H,14H2,1-3H3,(H,29,30,31,32)/t16-/m1/s1. The minimum Gasteiger partial charge on any atom is -0.363 e. The summed E-state index contributed by atoms with van der Waals surface area (Å²) in [5, 5.41) is 4.03. The molecule has 2 aromatic heterocycles. The molecule has 2 aromatic carbocycles. The molecule has 1 N–H and O–H groups in total. The predicted molar refractivity (Wildman–Crippen MR) is 126 cm³/mol. The molecule has 0 unspecified atom stereocenters. The Balaban J connectivity index is 1.64. The third-order valence-corrected chi connectivity index (χ3v) is 6.42. The largest absolute Gasteiger partial charge is 0.416 e. The first-order chi connectivity index (χ1) is 15.7. The number of hydrogen-bond acceptors (Lipinski definition) is 5. The Kier molecular flexibility index (Phi) is 6.56. The maximum absolute atomic E-state index is 13.4. The van der Waals surface area contributed by atoms with Crippen molar-refractivity contribution < 1.29 is 13.2 Å². The van der Waals surface area contributed by atoms with Crippen molar-refractivity contribution in [3.05, 3.63) is 88.9 Å². The quantitative estimate of drug-likeness (QED) is 0.305. The van der Waals surface area contributed by atoms with Crippen LogP contribution in [-0.4, -0.2) is 15.0 Å². The summed E-state index contributed by atoms with van der Waals surface area (Å²) in [7, 11) is 0. The van der Waals surface area contributed by atoms with E-state index in [-0.39, 0.29) is 5.56 Å². The van der Waals surface area contributed by atoms with Crippen molar-refractivity contribution in [2.45, 2.75) is 43.6 Å². The summed E-state index contributed by atoms with van der Waals surface area (Å²) in [5.74, 6) is 1.88. The van der Waals surface area contributed by atoms with E-state index in [0.717, 1.165) is 22.1 Å². The van der Waals surface area contributed by atoms with E-state index in [2.05, 4.69) is 32.4 Å². The number of thioether (sulfide) groups is 1. The Hall–Kier alpha value is -3.13. The van der Waals surface area contributed by atoms with E-state index in [4.69, 9.17) is 0 Å². The molecule has 0 saturated carbocycles. The fraction of sp³-hybridized carbons (Fsp3) is 0.240. The fourth-order valence-electron chi connectivity index (χ4n) is 3.74. The second-order valence-electron chi connectivity index (χ2n) is 7.82. The Bertz CT molecular complexity index is 1280. The number of fused-ring (bicyclic) bond motifs is 1. The number of halogens is 3. The summed E-state index contributed by atoms with van der Waals surface area (Å²) in [5.41, 5.74) is 1.89. The third kappa shape index (κ3) is 5.27. The van der Waals surface area contributed by atoms with Crippen LogP contribution in [0.1, 0.15) is 41.0 Å². The highest BCUT2D eigenvalue weighted by molar-refractivity contribution is 7.98. The van der Waals surface area contributed by atoms with E-state index in [1.165, 1.54) is 18.6 Å². The third-order valence-electron chi connectivity index (χ3n) is 5.39. The molecular weight excluding hydrogens is 445 g/mol. The number of benzene rings is 2. The van der Waals surface area contributed by atoms with Crippen LogP contribution in [0.5, 0.6) is 0 Å². The van der Waals surface area contributed by atoms with Gasteiger partial charge in [0.25, 0.3) is 0 Å². The first-order valence-electron chi connectivity index (χ1n) is 10.5. The van der Waals surface area contributed by atoms with Gasteiger partial charge in [0.1, 0.15) is 11.6 Å². The van der Waals surface area contributed by atoms with Gasteiger partial charge < -0.3 is 5.32 Å². The monoisotopic (exact) mass is 468 g/mol. The summed E-state index contributed by atoms with van der Waals surface area (Å²) in [6.45, 7) is 5.09. The molecular formula is C25H23F3N4S. The number of alkyl halides is 3. The van der Waals surface area contributed by atoms with Crippen molar-refractivity contribution in [1.29, 1.82) is 0 Å². The van der Waals surface area contributed by atoms with Crippen LogP contribution < -0.4 is 5.32 Å². The second-order valence-corrected chi connectivity index (χ2v) is 8.87. The molecule has 170 valence electrons. The highest BCUT2D eigenvalue weighted by Crippen LogP contribution is 2.36.